The molecule has 0 fully saturated rings. The maximum absolute atomic E-state index is 10.4. The van der Waals surface area contributed by atoms with E-state index in [1.54, 1.807) is 13.8 Å². The lowest BCUT2D eigenvalue weighted by Gasteiger charge is -2.37. The molecule has 0 unspecified atom stereocenters. The van der Waals surface area contributed by atoms with Crippen molar-refractivity contribution in [3.8, 4) is 22.3 Å². The molecule has 5 aromatic rings. The summed E-state index contributed by atoms with van der Waals surface area (Å²) in [6.07, 6.45) is 0. The van der Waals surface area contributed by atoms with Crippen LogP contribution in [0, 0.1) is 0 Å². The monoisotopic (exact) mass is 420 g/mol. The highest BCUT2D eigenvalue weighted by Crippen LogP contribution is 2.50. The molecule has 3 nitrogen and oxygen atoms in total. The molecular weight excluding hydrogens is 395 g/mol. The van der Waals surface area contributed by atoms with Crippen LogP contribution in [0.15, 0.2) is 71.1 Å². The van der Waals surface area contributed by atoms with Crippen molar-refractivity contribution in [2.45, 2.75) is 38.9 Å². The highest BCUT2D eigenvalue weighted by molar-refractivity contribution is 6.47. The van der Waals surface area contributed by atoms with Crippen LogP contribution >= 0.6 is 0 Å². The summed E-state index contributed by atoms with van der Waals surface area (Å²) in [5.41, 5.74) is 6.36. The zero-order valence-electron chi connectivity index (χ0n) is 18.8. The van der Waals surface area contributed by atoms with Crippen LogP contribution in [-0.4, -0.2) is 23.8 Å². The molecule has 0 radical (unpaired) electrons. The van der Waals surface area contributed by atoms with Gasteiger partial charge in [0, 0.05) is 21.5 Å². The zero-order chi connectivity index (χ0) is 22.3. The summed E-state index contributed by atoms with van der Waals surface area (Å²) in [5.74, 6) is 0. The molecule has 6 rings (SSSR count). The summed E-state index contributed by atoms with van der Waals surface area (Å²) in [7, 11) is 0.448. The third-order valence-electron chi connectivity index (χ3n) is 7.24. The van der Waals surface area contributed by atoms with Gasteiger partial charge in [-0.15, -0.1) is 0 Å². The molecule has 1 aliphatic rings. The molecule has 158 valence electrons. The minimum Gasteiger partial charge on any atom is -0.455 e. The van der Waals surface area contributed by atoms with E-state index in [4.69, 9.17) is 9.07 Å². The first-order chi connectivity index (χ1) is 15.2. The van der Waals surface area contributed by atoms with Crippen molar-refractivity contribution in [3.63, 3.8) is 0 Å². The Bertz CT molecular complexity index is 1540. The predicted octanol–water partition coefficient (Wildman–Crippen LogP) is 5.93. The van der Waals surface area contributed by atoms with Gasteiger partial charge in [-0.1, -0.05) is 60.1 Å². The van der Waals surface area contributed by atoms with Crippen molar-refractivity contribution in [3.05, 3.63) is 66.7 Å². The quantitative estimate of drug-likeness (QED) is 0.360. The molecule has 0 spiro atoms. The Morgan fingerprint density at radius 3 is 2.34 bits per heavy atom. The molecule has 1 heterocycles. The van der Waals surface area contributed by atoms with E-state index < -0.39 is 11.2 Å². The first kappa shape index (κ1) is 19.6. The number of furan rings is 1. The van der Waals surface area contributed by atoms with E-state index in [2.05, 4.69) is 54.6 Å². The topological polar surface area (TPSA) is 42.6 Å². The molecule has 0 amide bonds. The Morgan fingerprint density at radius 2 is 1.53 bits per heavy atom. The highest BCUT2D eigenvalue weighted by Gasteiger charge is 2.35. The molecule has 1 N–H and O–H groups in total. The Labute approximate surface area is 187 Å². The number of aliphatic hydroxyl groups is 1. The van der Waals surface area contributed by atoms with E-state index in [1.165, 1.54) is 27.6 Å². The molecule has 0 saturated heterocycles. The van der Waals surface area contributed by atoms with Gasteiger partial charge < -0.3 is 14.2 Å². The molecule has 4 aromatic carbocycles. The number of rotatable bonds is 4. The van der Waals surface area contributed by atoms with E-state index in [0.717, 1.165) is 32.8 Å². The fourth-order valence-corrected chi connectivity index (χ4v) is 4.67. The molecular formula is C28H25BO3. The number of fused-ring (bicyclic) bond motifs is 7. The number of benzene rings is 4. The van der Waals surface area contributed by atoms with Gasteiger partial charge in [-0.2, -0.15) is 0 Å². The van der Waals surface area contributed by atoms with Crippen LogP contribution in [-0.2, 0) is 4.65 Å². The second-order valence-electron chi connectivity index (χ2n) is 9.87. The summed E-state index contributed by atoms with van der Waals surface area (Å²) < 4.78 is 12.4. The van der Waals surface area contributed by atoms with Crippen molar-refractivity contribution in [2.75, 3.05) is 0 Å². The van der Waals surface area contributed by atoms with Gasteiger partial charge in [-0.25, -0.2) is 0 Å². The van der Waals surface area contributed by atoms with E-state index >= 15 is 0 Å². The van der Waals surface area contributed by atoms with Crippen LogP contribution in [0.3, 0.4) is 0 Å². The predicted molar refractivity (Wildman–Crippen MR) is 134 cm³/mol. The lowest BCUT2D eigenvalue weighted by atomic mass is 9.81. The largest absolute Gasteiger partial charge is 0.455 e. The van der Waals surface area contributed by atoms with E-state index in [-0.39, 0.29) is 0 Å². The van der Waals surface area contributed by atoms with Crippen molar-refractivity contribution in [2.24, 2.45) is 0 Å². The summed E-state index contributed by atoms with van der Waals surface area (Å²) >= 11 is 0. The molecule has 0 atom stereocenters. The standard InChI is InChI=1S/C28H25BO3/c1-27(2,30)28(3,4)32-29-16-12-13-17-21(14-16)19-9-7-10-20-25(19)22(17)15-23-18-8-5-6-11-24(18)31-26(20)23/h5-15,29-30H,1-4H3. The van der Waals surface area contributed by atoms with E-state index in [1.807, 2.05) is 26.0 Å². The smallest absolute Gasteiger partial charge is 0.309 e. The van der Waals surface area contributed by atoms with E-state index in [9.17, 15) is 5.11 Å². The fraction of sp³-hybridized carbons (Fsp3) is 0.214. The zero-order valence-corrected chi connectivity index (χ0v) is 18.8. The Kier molecular flexibility index (Phi) is 3.96. The molecule has 0 bridgehead atoms. The van der Waals surface area contributed by atoms with Crippen molar-refractivity contribution in [1.29, 1.82) is 0 Å². The Balaban J connectivity index is 1.50. The van der Waals surface area contributed by atoms with Crippen LogP contribution in [0.5, 0.6) is 0 Å². The van der Waals surface area contributed by atoms with Crippen LogP contribution in [0.25, 0.3) is 55.0 Å². The van der Waals surface area contributed by atoms with E-state index in [0.29, 0.717) is 7.48 Å². The second kappa shape index (κ2) is 6.47. The maximum Gasteiger partial charge on any atom is 0.309 e. The number of hydrogen-bond donors (Lipinski definition) is 1. The summed E-state index contributed by atoms with van der Waals surface area (Å²) in [6.45, 7) is 7.42. The van der Waals surface area contributed by atoms with Gasteiger partial charge in [0.1, 0.15) is 11.2 Å². The highest BCUT2D eigenvalue weighted by atomic mass is 16.5. The average molecular weight is 420 g/mol. The van der Waals surface area contributed by atoms with Gasteiger partial charge in [0.2, 0.25) is 0 Å². The number of para-hydroxylation sites is 1. The van der Waals surface area contributed by atoms with Crippen LogP contribution in [0.4, 0.5) is 0 Å². The summed E-state index contributed by atoms with van der Waals surface area (Å²) in [4.78, 5) is 0. The summed E-state index contributed by atoms with van der Waals surface area (Å²) in [6, 6.07) is 23.6. The van der Waals surface area contributed by atoms with Gasteiger partial charge in [0.05, 0.1) is 11.2 Å². The van der Waals surface area contributed by atoms with Crippen LogP contribution in [0.2, 0.25) is 0 Å². The first-order valence-electron chi connectivity index (χ1n) is 11.1. The fourth-order valence-electron chi connectivity index (χ4n) is 4.67. The van der Waals surface area contributed by atoms with Gasteiger partial charge in [-0.3, -0.25) is 0 Å². The summed E-state index contributed by atoms with van der Waals surface area (Å²) in [5, 5.41) is 15.1. The van der Waals surface area contributed by atoms with Crippen LogP contribution in [0.1, 0.15) is 27.7 Å². The SMILES string of the molecule is CC(C)(O)C(C)(C)OBc1ccc2c(c1)-c1cccc3c1c-2cc1c2ccccc2oc31. The van der Waals surface area contributed by atoms with Crippen molar-refractivity contribution < 1.29 is 14.2 Å². The lowest BCUT2D eigenvalue weighted by molar-refractivity contribution is -0.0893. The molecule has 1 aromatic heterocycles. The molecule has 0 aliphatic heterocycles. The maximum atomic E-state index is 10.4. The normalized spacial score (nSPS) is 13.3. The minimum atomic E-state index is -0.928. The van der Waals surface area contributed by atoms with Gasteiger partial charge in [0.15, 0.2) is 0 Å². The molecule has 4 heteroatoms. The van der Waals surface area contributed by atoms with Gasteiger partial charge in [0.25, 0.3) is 0 Å². The molecule has 32 heavy (non-hydrogen) atoms. The molecule has 1 aliphatic carbocycles. The molecule has 0 saturated carbocycles. The van der Waals surface area contributed by atoms with Crippen LogP contribution < -0.4 is 5.46 Å². The van der Waals surface area contributed by atoms with Gasteiger partial charge >= 0.3 is 7.48 Å². The minimum absolute atomic E-state index is 0.448. The Hall–Kier alpha value is -3.08. The third-order valence-corrected chi connectivity index (χ3v) is 7.24. The first-order valence-corrected chi connectivity index (χ1v) is 11.1. The lowest BCUT2D eigenvalue weighted by Crippen LogP contribution is -2.49. The Morgan fingerprint density at radius 1 is 0.750 bits per heavy atom. The third kappa shape index (κ3) is 2.70. The average Bonchev–Trinajstić information content (AvgIpc) is 3.29. The second-order valence-corrected chi connectivity index (χ2v) is 9.87. The van der Waals surface area contributed by atoms with Crippen molar-refractivity contribution in [1.82, 2.24) is 0 Å². The van der Waals surface area contributed by atoms with Crippen molar-refractivity contribution >= 4 is 45.7 Å². The van der Waals surface area contributed by atoms with Gasteiger partial charge in [-0.05, 0) is 62.1 Å². The number of hydrogen-bond acceptors (Lipinski definition) is 3.